The van der Waals surface area contributed by atoms with Crippen molar-refractivity contribution < 1.29 is 62.0 Å². The van der Waals surface area contributed by atoms with Gasteiger partial charge in [-0.05, 0) is 13.8 Å². The Morgan fingerprint density at radius 3 is 1.22 bits per heavy atom. The number of rotatable bonds is 2. The van der Waals surface area contributed by atoms with Crippen LogP contribution < -0.4 is 0 Å². The van der Waals surface area contributed by atoms with Gasteiger partial charge in [-0.3, -0.25) is 9.59 Å². The molecule has 48 valence electrons. The maximum atomic E-state index is 10.0. The van der Waals surface area contributed by atoms with Crippen LogP contribution in [0.3, 0.4) is 0 Å². The minimum absolute atomic E-state index is 0. The number of carbonyl (C=O) groups excluding carboxylic acids is 2. The van der Waals surface area contributed by atoms with Crippen LogP contribution in [0, 0.1) is 0 Å². The molecule has 0 radical (unpaired) electrons. The molecule has 0 heterocycles. The van der Waals surface area contributed by atoms with Crippen LogP contribution in [0.2, 0.25) is 0 Å². The van der Waals surface area contributed by atoms with E-state index < -0.39 is 0 Å². The molecule has 0 bridgehead atoms. The third-order valence-corrected chi connectivity index (χ3v) is 0.498. The molecule has 0 spiro atoms. The van der Waals surface area contributed by atoms with Crippen molar-refractivity contribution in [3.8, 4) is 0 Å². The van der Waals surface area contributed by atoms with Crippen molar-refractivity contribution in [3.05, 3.63) is 0 Å². The Hall–Kier alpha value is 1.11. The van der Waals surface area contributed by atoms with Crippen LogP contribution in [0.5, 0.6) is 0 Å². The van der Waals surface area contributed by atoms with Gasteiger partial charge in [0.25, 0.3) is 0 Å². The summed E-state index contributed by atoms with van der Waals surface area (Å²) in [6, 6.07) is 0. The van der Waals surface area contributed by atoms with Crippen LogP contribution >= 0.6 is 0 Å². The van der Waals surface area contributed by atoms with E-state index in [-0.39, 0.29) is 70.4 Å². The molecule has 0 aromatic rings. The Balaban J connectivity index is -0.000000180. The fraction of sp³-hybridized carbons (Fsp3) is 0.600. The van der Waals surface area contributed by atoms with Gasteiger partial charge in [-0.25, -0.2) is 0 Å². The molecule has 0 atom stereocenters. The molecule has 0 fully saturated rings. The van der Waals surface area contributed by atoms with E-state index >= 15 is 0 Å². The molecule has 0 aliphatic rings. The summed E-state index contributed by atoms with van der Waals surface area (Å²) in [5.74, 6) is -0.125. The smallest absolute Gasteiger partial charge is 0.137 e. The zero-order chi connectivity index (χ0) is 5.86. The van der Waals surface area contributed by atoms with Crippen LogP contribution in [-0.4, -0.2) is 11.6 Å². The Bertz CT molecular complexity index is 89.1. The normalized spacial score (nSPS) is 6.44. The second-order valence-corrected chi connectivity index (χ2v) is 1.58. The van der Waals surface area contributed by atoms with Crippen LogP contribution in [0.15, 0.2) is 0 Å². The van der Waals surface area contributed by atoms with Crippen molar-refractivity contribution in [1.82, 2.24) is 0 Å². The van der Waals surface area contributed by atoms with Crippen molar-refractivity contribution in [1.29, 1.82) is 0 Å². The minimum atomic E-state index is -0.0625. The Labute approximate surface area is 93.0 Å². The summed E-state index contributed by atoms with van der Waals surface area (Å²) in [5, 5.41) is 0. The second-order valence-electron chi connectivity index (χ2n) is 1.58. The molecule has 0 N–H and O–H groups in total. The molecule has 9 heavy (non-hydrogen) atoms. The first-order chi connectivity index (χ1) is 3.13. The summed E-state index contributed by atoms with van der Waals surface area (Å²) >= 11 is 0. The molecular weight excluding hydrogens is 275 g/mol. The maximum Gasteiger partial charge on any atom is 0.137 e. The van der Waals surface area contributed by atoms with Crippen molar-refractivity contribution in [2.45, 2.75) is 20.3 Å². The molecule has 2 nitrogen and oxygen atoms in total. The van der Waals surface area contributed by atoms with E-state index in [0.29, 0.717) is 0 Å². The van der Waals surface area contributed by atoms with E-state index in [0.717, 1.165) is 0 Å². The maximum absolute atomic E-state index is 10.0. The van der Waals surface area contributed by atoms with Gasteiger partial charge < -0.3 is 0 Å². The molecule has 0 aromatic heterocycles. The molecule has 0 aromatic carbocycles. The number of hydrogen-bond donors (Lipinski definition) is 0. The number of Topliss-reactive ketones (excluding diaryl/α,β-unsaturated/α-hetero) is 2. The topological polar surface area (TPSA) is 34.1 Å². The Morgan fingerprint density at radius 1 is 1.00 bits per heavy atom. The summed E-state index contributed by atoms with van der Waals surface area (Å²) in [6.07, 6.45) is 0.0833. The molecular formula is C5H8O2Zr2. The van der Waals surface area contributed by atoms with Gasteiger partial charge in [0.15, 0.2) is 0 Å². The van der Waals surface area contributed by atoms with E-state index in [1.807, 2.05) is 0 Å². The van der Waals surface area contributed by atoms with Gasteiger partial charge in [-0.15, -0.1) is 0 Å². The number of hydrogen-bond acceptors (Lipinski definition) is 2. The molecule has 0 amide bonds. The largest absolute Gasteiger partial charge is 0.300 e. The third-order valence-electron chi connectivity index (χ3n) is 0.498. The van der Waals surface area contributed by atoms with Crippen molar-refractivity contribution >= 4 is 11.6 Å². The SMILES string of the molecule is CC(=O)CC(C)=O.[Zr].[Zr]. The van der Waals surface area contributed by atoms with E-state index in [1.54, 1.807) is 0 Å². The van der Waals surface area contributed by atoms with E-state index in [2.05, 4.69) is 0 Å². The average molecular weight is 283 g/mol. The van der Waals surface area contributed by atoms with Crippen molar-refractivity contribution in [2.24, 2.45) is 0 Å². The molecule has 0 aliphatic heterocycles. The van der Waals surface area contributed by atoms with Crippen molar-refractivity contribution in [3.63, 3.8) is 0 Å². The van der Waals surface area contributed by atoms with Gasteiger partial charge in [0.05, 0.1) is 6.42 Å². The summed E-state index contributed by atoms with van der Waals surface area (Å²) in [6.45, 7) is 2.81. The molecule has 0 rings (SSSR count). The molecule has 4 heteroatoms. The van der Waals surface area contributed by atoms with Gasteiger partial charge in [-0.2, -0.15) is 0 Å². The monoisotopic (exact) mass is 280 g/mol. The predicted octanol–water partition coefficient (Wildman–Crippen LogP) is 0.549. The number of ketones is 2. The van der Waals surface area contributed by atoms with Gasteiger partial charge >= 0.3 is 0 Å². The third kappa shape index (κ3) is 17.6. The molecule has 0 saturated carbocycles. The fourth-order valence-corrected chi connectivity index (χ4v) is 0.351. The van der Waals surface area contributed by atoms with Gasteiger partial charge in [0, 0.05) is 52.4 Å². The number of carbonyl (C=O) groups is 2. The second kappa shape index (κ2) is 9.11. The molecule has 0 aliphatic carbocycles. The van der Waals surface area contributed by atoms with E-state index in [4.69, 9.17) is 0 Å². The first-order valence-electron chi connectivity index (χ1n) is 2.12. The Morgan fingerprint density at radius 2 is 1.22 bits per heavy atom. The summed E-state index contributed by atoms with van der Waals surface area (Å²) < 4.78 is 0. The van der Waals surface area contributed by atoms with Crippen LogP contribution in [0.25, 0.3) is 0 Å². The van der Waals surface area contributed by atoms with Crippen LogP contribution in [0.1, 0.15) is 20.3 Å². The average Bonchev–Trinajstić information content (AvgIpc) is 1.27. The minimum Gasteiger partial charge on any atom is -0.300 e. The zero-order valence-corrected chi connectivity index (χ0v) is 10.4. The van der Waals surface area contributed by atoms with E-state index in [1.165, 1.54) is 13.8 Å². The summed E-state index contributed by atoms with van der Waals surface area (Å²) in [4.78, 5) is 20.1. The molecule has 0 unspecified atom stereocenters. The van der Waals surface area contributed by atoms with Crippen molar-refractivity contribution in [2.75, 3.05) is 0 Å². The first-order valence-corrected chi connectivity index (χ1v) is 2.12. The summed E-state index contributed by atoms with van der Waals surface area (Å²) in [5.41, 5.74) is 0. The van der Waals surface area contributed by atoms with Gasteiger partial charge in [0.2, 0.25) is 0 Å². The van der Waals surface area contributed by atoms with Crippen LogP contribution in [-0.2, 0) is 62.0 Å². The zero-order valence-electron chi connectivity index (χ0n) is 5.52. The first kappa shape index (κ1) is 16.6. The molecule has 0 saturated heterocycles. The predicted molar refractivity (Wildman–Crippen MR) is 26.0 cm³/mol. The van der Waals surface area contributed by atoms with E-state index in [9.17, 15) is 9.59 Å². The van der Waals surface area contributed by atoms with Gasteiger partial charge in [0.1, 0.15) is 11.6 Å². The Kier molecular flexibility index (Phi) is 16.8. The summed E-state index contributed by atoms with van der Waals surface area (Å²) in [7, 11) is 0. The standard InChI is InChI=1S/C5H8O2.2Zr/c1-4(6)3-5(2)7;;/h3H2,1-2H3;;. The fourth-order valence-electron chi connectivity index (χ4n) is 0.351. The van der Waals surface area contributed by atoms with Gasteiger partial charge in [-0.1, -0.05) is 0 Å². The quantitative estimate of drug-likeness (QED) is 0.693. The van der Waals surface area contributed by atoms with Crippen LogP contribution in [0.4, 0.5) is 0 Å².